The lowest BCUT2D eigenvalue weighted by atomic mass is 9.80. The monoisotopic (exact) mass is 275 g/mol. The van der Waals surface area contributed by atoms with Gasteiger partial charge < -0.3 is 9.64 Å². The van der Waals surface area contributed by atoms with Crippen LogP contribution in [0.1, 0.15) is 44.5 Å². The lowest BCUT2D eigenvalue weighted by Crippen LogP contribution is -2.26. The van der Waals surface area contributed by atoms with Crippen LogP contribution in [0.15, 0.2) is 18.2 Å². The molecule has 0 amide bonds. The van der Waals surface area contributed by atoms with E-state index in [1.807, 2.05) is 18.2 Å². The molecule has 1 saturated heterocycles. The molecule has 0 bridgehead atoms. The molecule has 1 aliphatic heterocycles. The minimum absolute atomic E-state index is 0.0664. The molecule has 0 radical (unpaired) electrons. The molecule has 1 heterocycles. The number of ketones is 1. The summed E-state index contributed by atoms with van der Waals surface area (Å²) < 4.78 is 5.35. The zero-order valence-electron chi connectivity index (χ0n) is 13.2. The number of benzene rings is 1. The van der Waals surface area contributed by atoms with Crippen molar-refractivity contribution in [3.63, 3.8) is 0 Å². The van der Waals surface area contributed by atoms with Crippen molar-refractivity contribution in [2.75, 3.05) is 25.1 Å². The first-order valence-electron chi connectivity index (χ1n) is 7.27. The third kappa shape index (κ3) is 2.82. The Bertz CT molecular complexity index is 502. The summed E-state index contributed by atoms with van der Waals surface area (Å²) >= 11 is 0. The number of hydrogen-bond acceptors (Lipinski definition) is 3. The molecule has 1 aromatic carbocycles. The summed E-state index contributed by atoms with van der Waals surface area (Å²) in [7, 11) is 1.62. The van der Waals surface area contributed by atoms with E-state index in [0.717, 1.165) is 18.8 Å². The first-order valence-corrected chi connectivity index (χ1v) is 7.27. The smallest absolute Gasteiger partial charge is 0.165 e. The Kier molecular flexibility index (Phi) is 4.07. The van der Waals surface area contributed by atoms with Crippen LogP contribution in [0, 0.1) is 11.3 Å². The number of anilines is 1. The van der Waals surface area contributed by atoms with Gasteiger partial charge in [-0.05, 0) is 36.8 Å². The van der Waals surface area contributed by atoms with Crippen LogP contribution in [0.2, 0.25) is 0 Å². The molecule has 3 heteroatoms. The number of nitrogens with zero attached hydrogens (tertiary/aromatic N) is 1. The summed E-state index contributed by atoms with van der Waals surface area (Å²) in [5, 5.41) is 0. The normalized spacial score (nSPS) is 19.2. The number of ether oxygens (including phenoxy) is 1. The Morgan fingerprint density at radius 2 is 2.05 bits per heavy atom. The second kappa shape index (κ2) is 5.47. The van der Waals surface area contributed by atoms with Crippen LogP contribution in [0.5, 0.6) is 5.75 Å². The number of carbonyl (C=O) groups excluding carboxylic acids is 1. The van der Waals surface area contributed by atoms with Crippen molar-refractivity contribution in [1.29, 1.82) is 0 Å². The van der Waals surface area contributed by atoms with Gasteiger partial charge in [0, 0.05) is 13.1 Å². The van der Waals surface area contributed by atoms with Gasteiger partial charge in [-0.2, -0.15) is 0 Å². The minimum Gasteiger partial charge on any atom is -0.496 e. The first kappa shape index (κ1) is 14.9. The highest BCUT2D eigenvalue weighted by Gasteiger charge is 2.33. The van der Waals surface area contributed by atoms with E-state index in [9.17, 15) is 4.79 Å². The van der Waals surface area contributed by atoms with Crippen LogP contribution >= 0.6 is 0 Å². The molecule has 1 aliphatic rings. The number of hydrogen-bond donors (Lipinski definition) is 0. The summed E-state index contributed by atoms with van der Waals surface area (Å²) in [4.78, 5) is 14.3. The summed E-state index contributed by atoms with van der Waals surface area (Å²) in [6, 6.07) is 5.85. The molecule has 0 saturated carbocycles. The Morgan fingerprint density at radius 3 is 2.55 bits per heavy atom. The molecule has 3 nitrogen and oxygen atoms in total. The summed E-state index contributed by atoms with van der Waals surface area (Å²) in [5.74, 6) is 1.40. The lowest BCUT2D eigenvalue weighted by Gasteiger charge is -2.28. The quantitative estimate of drug-likeness (QED) is 0.786. The summed E-state index contributed by atoms with van der Waals surface area (Å²) in [6.45, 7) is 10.5. The highest BCUT2D eigenvalue weighted by molar-refractivity contribution is 6.02. The van der Waals surface area contributed by atoms with E-state index in [0.29, 0.717) is 22.6 Å². The molecule has 0 aliphatic carbocycles. The van der Waals surface area contributed by atoms with Crippen molar-refractivity contribution in [2.24, 2.45) is 11.3 Å². The van der Waals surface area contributed by atoms with Gasteiger partial charge in [0.2, 0.25) is 0 Å². The number of carbonyl (C=O) groups is 1. The van der Waals surface area contributed by atoms with Gasteiger partial charge in [0.1, 0.15) is 5.75 Å². The number of rotatable bonds is 3. The third-order valence-corrected chi connectivity index (χ3v) is 4.33. The molecule has 2 rings (SSSR count). The maximum atomic E-state index is 12.0. The Labute approximate surface area is 121 Å². The molecule has 20 heavy (non-hydrogen) atoms. The van der Waals surface area contributed by atoms with E-state index in [4.69, 9.17) is 4.74 Å². The van der Waals surface area contributed by atoms with Crippen molar-refractivity contribution in [1.82, 2.24) is 0 Å². The highest BCUT2D eigenvalue weighted by atomic mass is 16.5. The molecule has 1 fully saturated rings. The minimum atomic E-state index is 0.0664. The van der Waals surface area contributed by atoms with E-state index in [2.05, 4.69) is 25.7 Å². The van der Waals surface area contributed by atoms with Gasteiger partial charge >= 0.3 is 0 Å². The largest absolute Gasteiger partial charge is 0.496 e. The van der Waals surface area contributed by atoms with E-state index in [1.54, 1.807) is 14.0 Å². The van der Waals surface area contributed by atoms with Crippen molar-refractivity contribution in [3.8, 4) is 5.75 Å². The van der Waals surface area contributed by atoms with Crippen LogP contribution in [-0.4, -0.2) is 26.0 Å². The molecular formula is C17H25NO2. The molecular weight excluding hydrogens is 250 g/mol. The molecule has 1 unspecified atom stereocenters. The molecule has 1 atom stereocenters. The second-order valence-corrected chi connectivity index (χ2v) is 6.71. The average molecular weight is 275 g/mol. The first-order chi connectivity index (χ1) is 9.34. The van der Waals surface area contributed by atoms with Crippen molar-refractivity contribution in [2.45, 2.75) is 34.1 Å². The molecule has 0 spiro atoms. The van der Waals surface area contributed by atoms with Crippen LogP contribution in [0.4, 0.5) is 5.69 Å². The standard InChI is InChI=1S/C17H25NO2/c1-12(19)16-14(7-6-8-15(16)20-5)18-10-9-13(11-18)17(2,3)4/h6-8,13H,9-11H2,1-5H3. The maximum absolute atomic E-state index is 12.0. The van der Waals surface area contributed by atoms with Crippen molar-refractivity contribution >= 4 is 11.5 Å². The Hall–Kier alpha value is -1.51. The molecule has 110 valence electrons. The predicted molar refractivity (Wildman–Crippen MR) is 82.8 cm³/mol. The maximum Gasteiger partial charge on any atom is 0.165 e. The van der Waals surface area contributed by atoms with E-state index in [1.165, 1.54) is 6.42 Å². The summed E-state index contributed by atoms with van der Waals surface area (Å²) in [6.07, 6.45) is 1.18. The fraction of sp³-hybridized carbons (Fsp3) is 0.588. The molecule has 1 aromatic rings. The van der Waals surface area contributed by atoms with Crippen molar-refractivity contribution < 1.29 is 9.53 Å². The van der Waals surface area contributed by atoms with E-state index < -0.39 is 0 Å². The zero-order chi connectivity index (χ0) is 14.9. The van der Waals surface area contributed by atoms with Crippen molar-refractivity contribution in [3.05, 3.63) is 23.8 Å². The third-order valence-electron chi connectivity index (χ3n) is 4.33. The second-order valence-electron chi connectivity index (χ2n) is 6.71. The number of methoxy groups -OCH3 is 1. The number of Topliss-reactive ketones (excluding diaryl/α,β-unsaturated/α-hetero) is 1. The Balaban J connectivity index is 2.33. The van der Waals surface area contributed by atoms with Gasteiger partial charge in [-0.25, -0.2) is 0 Å². The van der Waals surface area contributed by atoms with Gasteiger partial charge in [-0.1, -0.05) is 26.8 Å². The zero-order valence-corrected chi connectivity index (χ0v) is 13.2. The van der Waals surface area contributed by atoms with Gasteiger partial charge in [0.05, 0.1) is 18.4 Å². The SMILES string of the molecule is COc1cccc(N2CCC(C(C)(C)C)C2)c1C(C)=O. The fourth-order valence-corrected chi connectivity index (χ4v) is 2.99. The van der Waals surface area contributed by atoms with Crippen LogP contribution in [-0.2, 0) is 0 Å². The van der Waals surface area contributed by atoms with E-state index >= 15 is 0 Å². The average Bonchev–Trinajstić information content (AvgIpc) is 2.86. The Morgan fingerprint density at radius 1 is 1.35 bits per heavy atom. The van der Waals surface area contributed by atoms with Gasteiger partial charge in [0.25, 0.3) is 0 Å². The fourth-order valence-electron chi connectivity index (χ4n) is 2.99. The molecule has 0 N–H and O–H groups in total. The van der Waals surface area contributed by atoms with Gasteiger partial charge in [-0.15, -0.1) is 0 Å². The van der Waals surface area contributed by atoms with Gasteiger partial charge in [-0.3, -0.25) is 4.79 Å². The lowest BCUT2D eigenvalue weighted by molar-refractivity contribution is 0.101. The van der Waals surface area contributed by atoms with Crippen LogP contribution in [0.3, 0.4) is 0 Å². The topological polar surface area (TPSA) is 29.5 Å². The molecule has 0 aromatic heterocycles. The van der Waals surface area contributed by atoms with Crippen LogP contribution in [0.25, 0.3) is 0 Å². The highest BCUT2D eigenvalue weighted by Crippen LogP contribution is 2.38. The summed E-state index contributed by atoms with van der Waals surface area (Å²) in [5.41, 5.74) is 2.04. The van der Waals surface area contributed by atoms with Crippen LogP contribution < -0.4 is 9.64 Å². The predicted octanol–water partition coefficient (Wildman–Crippen LogP) is 3.77. The van der Waals surface area contributed by atoms with E-state index in [-0.39, 0.29) is 5.78 Å². The van der Waals surface area contributed by atoms with Gasteiger partial charge in [0.15, 0.2) is 5.78 Å².